The van der Waals surface area contributed by atoms with E-state index >= 15 is 0 Å². The highest BCUT2D eigenvalue weighted by Gasteiger charge is 2.39. The topological polar surface area (TPSA) is 113 Å². The molecule has 9 nitrogen and oxygen atoms in total. The van der Waals surface area contributed by atoms with E-state index in [4.69, 9.17) is 13.8 Å². The Morgan fingerprint density at radius 3 is 2.31 bits per heavy atom. The van der Waals surface area contributed by atoms with Crippen molar-refractivity contribution in [2.24, 2.45) is 15.6 Å². The van der Waals surface area contributed by atoms with Gasteiger partial charge in [0.05, 0.1) is 34.8 Å². The second kappa shape index (κ2) is 8.43. The second-order valence-electron chi connectivity index (χ2n) is 8.29. The first-order valence-corrected chi connectivity index (χ1v) is 11.5. The number of hydrogen-bond donors (Lipinski definition) is 0. The Bertz CT molecular complexity index is 1190. The lowest BCUT2D eigenvalue weighted by atomic mass is 9.97. The summed E-state index contributed by atoms with van der Waals surface area (Å²) in [4.78, 5) is 10.3. The molecule has 2 aliphatic heterocycles. The summed E-state index contributed by atoms with van der Waals surface area (Å²) in [6.07, 6.45) is 3.56. The van der Waals surface area contributed by atoms with Gasteiger partial charge >= 0.3 is 7.60 Å². The number of nitrogens with zero attached hydrogens (tertiary/aromatic N) is 3. The van der Waals surface area contributed by atoms with Crippen molar-refractivity contribution in [2.45, 2.75) is 20.8 Å². The maximum atomic E-state index is 13.1. The molecule has 0 unspecified atom stereocenters. The number of non-ortho nitro benzene ring substituents is 1. The number of fused-ring (bicyclic) bond motifs is 1. The molecule has 0 saturated carbocycles. The van der Waals surface area contributed by atoms with Gasteiger partial charge in [0.15, 0.2) is 0 Å². The summed E-state index contributed by atoms with van der Waals surface area (Å²) >= 11 is 0. The molecule has 10 heteroatoms. The molecule has 4 rings (SSSR count). The third-order valence-corrected chi connectivity index (χ3v) is 6.97. The fourth-order valence-electron chi connectivity index (χ4n) is 3.02. The van der Waals surface area contributed by atoms with E-state index in [0.717, 1.165) is 5.56 Å². The molecule has 0 aromatic heterocycles. The van der Waals surface area contributed by atoms with Crippen LogP contribution < -0.4 is 4.74 Å². The van der Waals surface area contributed by atoms with Crippen LogP contribution in [0.2, 0.25) is 0 Å². The van der Waals surface area contributed by atoms with Crippen molar-refractivity contribution in [2.75, 3.05) is 13.2 Å². The summed E-state index contributed by atoms with van der Waals surface area (Å²) in [5.41, 5.74) is 1.68. The molecule has 0 N–H and O–H groups in total. The van der Waals surface area contributed by atoms with Crippen LogP contribution in [-0.2, 0) is 13.6 Å². The Labute approximate surface area is 185 Å². The molecule has 0 bridgehead atoms. The van der Waals surface area contributed by atoms with Crippen molar-refractivity contribution in [3.63, 3.8) is 0 Å². The third-order valence-electron chi connectivity index (χ3n) is 4.99. The number of benzene rings is 2. The van der Waals surface area contributed by atoms with E-state index in [0.29, 0.717) is 41.4 Å². The van der Waals surface area contributed by atoms with Crippen molar-refractivity contribution < 1.29 is 23.3 Å². The van der Waals surface area contributed by atoms with Crippen molar-refractivity contribution in [1.29, 1.82) is 0 Å². The second-order valence-corrected chi connectivity index (χ2v) is 10.5. The predicted octanol–water partition coefficient (Wildman–Crippen LogP) is 6.91. The lowest BCUT2D eigenvalue weighted by molar-refractivity contribution is -0.384. The zero-order valence-corrected chi connectivity index (χ0v) is 18.7. The molecular weight excluding hydrogens is 433 g/mol. The van der Waals surface area contributed by atoms with Crippen LogP contribution in [0.1, 0.15) is 26.3 Å². The number of azo groups is 1. The maximum absolute atomic E-state index is 13.1. The average molecular weight is 455 g/mol. The van der Waals surface area contributed by atoms with E-state index in [1.165, 1.54) is 24.3 Å². The first-order valence-electron chi connectivity index (χ1n) is 9.92. The number of allylic oxidation sites excluding steroid dienone is 2. The van der Waals surface area contributed by atoms with E-state index < -0.39 is 12.5 Å². The normalized spacial score (nSPS) is 20.5. The van der Waals surface area contributed by atoms with Gasteiger partial charge in [-0.05, 0) is 49.4 Å². The predicted molar refractivity (Wildman–Crippen MR) is 119 cm³/mol. The van der Waals surface area contributed by atoms with E-state index in [1.54, 1.807) is 31.2 Å². The molecule has 2 aromatic carbocycles. The first kappa shape index (κ1) is 22.1. The number of nitro benzene ring substituents is 1. The molecule has 2 heterocycles. The molecular formula is C22H22N3O6P. The molecule has 32 heavy (non-hydrogen) atoms. The molecule has 0 atom stereocenters. The van der Waals surface area contributed by atoms with Gasteiger partial charge in [0, 0.05) is 23.1 Å². The molecule has 1 fully saturated rings. The highest BCUT2D eigenvalue weighted by molar-refractivity contribution is 7.58. The van der Waals surface area contributed by atoms with Gasteiger partial charge in [-0.3, -0.25) is 14.7 Å². The Morgan fingerprint density at radius 1 is 1.03 bits per heavy atom. The van der Waals surface area contributed by atoms with Crippen LogP contribution in [-0.4, -0.2) is 18.1 Å². The van der Waals surface area contributed by atoms with Gasteiger partial charge in [-0.25, -0.2) is 0 Å². The van der Waals surface area contributed by atoms with Crippen molar-refractivity contribution in [3.05, 3.63) is 75.3 Å². The standard InChI is InChI=1S/C22H22N3O6P/c1-15(32(28)29-13-22(2,3)14-30-32)20-10-4-16-12-18(7-11-21(16)31-20)24-23-17-5-8-19(9-6-17)25(26)27/h4-12H,13-14H2,1-3H3/b20-15+,24-23?. The monoisotopic (exact) mass is 455 g/mol. The molecule has 166 valence electrons. The molecule has 0 radical (unpaired) electrons. The van der Waals surface area contributed by atoms with Crippen LogP contribution in [0.5, 0.6) is 5.75 Å². The lowest BCUT2D eigenvalue weighted by Gasteiger charge is -2.34. The van der Waals surface area contributed by atoms with Gasteiger partial charge in [-0.15, -0.1) is 0 Å². The Balaban J connectivity index is 1.50. The van der Waals surface area contributed by atoms with Crippen molar-refractivity contribution >= 4 is 30.7 Å². The highest BCUT2D eigenvalue weighted by Crippen LogP contribution is 2.61. The summed E-state index contributed by atoms with van der Waals surface area (Å²) in [6.45, 7) is 6.36. The summed E-state index contributed by atoms with van der Waals surface area (Å²) in [5.74, 6) is 1.01. The summed E-state index contributed by atoms with van der Waals surface area (Å²) < 4.78 is 30.2. The van der Waals surface area contributed by atoms with Crippen LogP contribution in [0.25, 0.3) is 6.08 Å². The van der Waals surface area contributed by atoms with Gasteiger partial charge in [-0.1, -0.05) is 13.8 Å². The zero-order valence-electron chi connectivity index (χ0n) is 17.8. The van der Waals surface area contributed by atoms with E-state index in [-0.39, 0.29) is 11.1 Å². The van der Waals surface area contributed by atoms with E-state index in [2.05, 4.69) is 10.2 Å². The van der Waals surface area contributed by atoms with Gasteiger partial charge in [-0.2, -0.15) is 10.2 Å². The Morgan fingerprint density at radius 2 is 1.66 bits per heavy atom. The average Bonchev–Trinajstić information content (AvgIpc) is 2.79. The van der Waals surface area contributed by atoms with Crippen LogP contribution in [0.3, 0.4) is 0 Å². The summed E-state index contributed by atoms with van der Waals surface area (Å²) in [5, 5.41) is 19.4. The minimum absolute atomic E-state index is 0.00536. The highest BCUT2D eigenvalue weighted by atomic mass is 31.2. The lowest BCUT2D eigenvalue weighted by Crippen LogP contribution is -2.29. The molecule has 0 spiro atoms. The molecule has 2 aromatic rings. The van der Waals surface area contributed by atoms with Crippen molar-refractivity contribution in [1.82, 2.24) is 0 Å². The van der Waals surface area contributed by atoms with E-state index in [1.807, 2.05) is 19.9 Å². The fourth-order valence-corrected chi connectivity index (χ4v) is 4.91. The van der Waals surface area contributed by atoms with E-state index in [9.17, 15) is 14.7 Å². The first-order chi connectivity index (χ1) is 15.2. The molecule has 1 saturated heterocycles. The quantitative estimate of drug-likeness (QED) is 0.214. The number of hydrogen-bond acceptors (Lipinski definition) is 8. The van der Waals surface area contributed by atoms with Gasteiger partial charge in [0.25, 0.3) is 5.69 Å². The van der Waals surface area contributed by atoms with Crippen LogP contribution in [0.4, 0.5) is 17.1 Å². The molecule has 0 amide bonds. The molecule has 2 aliphatic rings. The van der Waals surface area contributed by atoms with Gasteiger partial charge in [0.1, 0.15) is 11.5 Å². The third kappa shape index (κ3) is 4.70. The maximum Gasteiger partial charge on any atom is 0.360 e. The minimum atomic E-state index is -3.40. The Hall–Kier alpha value is -3.13. The molecule has 0 aliphatic carbocycles. The van der Waals surface area contributed by atoms with Gasteiger partial charge in [0.2, 0.25) is 0 Å². The van der Waals surface area contributed by atoms with Crippen LogP contribution >= 0.6 is 7.60 Å². The SMILES string of the molecule is C/C(=C1/C=Cc2cc(N=Nc3ccc([N+](=O)[O-])cc3)ccc2O1)P1(=O)OCC(C)(C)CO1. The van der Waals surface area contributed by atoms with Crippen molar-refractivity contribution in [3.8, 4) is 5.75 Å². The number of rotatable bonds is 4. The summed E-state index contributed by atoms with van der Waals surface area (Å²) in [6, 6.07) is 11.1. The minimum Gasteiger partial charge on any atom is -0.456 e. The summed E-state index contributed by atoms with van der Waals surface area (Å²) in [7, 11) is -3.40. The number of ether oxygens (including phenoxy) is 1. The fraction of sp³-hybridized carbons (Fsp3) is 0.273. The van der Waals surface area contributed by atoms with Gasteiger partial charge < -0.3 is 13.8 Å². The van der Waals surface area contributed by atoms with Crippen LogP contribution in [0.15, 0.2) is 69.8 Å². The zero-order chi connectivity index (χ0) is 22.9. The Kier molecular flexibility index (Phi) is 5.81. The largest absolute Gasteiger partial charge is 0.456 e. The van der Waals surface area contributed by atoms with Crippen LogP contribution in [0, 0.1) is 15.5 Å². The number of nitro groups is 1. The smallest absolute Gasteiger partial charge is 0.360 e.